The molecule has 1 saturated heterocycles. The first-order chi connectivity index (χ1) is 6.47. The van der Waals surface area contributed by atoms with Gasteiger partial charge in [-0.15, -0.1) is 0 Å². The highest BCUT2D eigenvalue weighted by atomic mass is 16.5. The first-order valence-electron chi connectivity index (χ1n) is 5.52. The Morgan fingerprint density at radius 2 is 2.21 bits per heavy atom. The van der Waals surface area contributed by atoms with E-state index in [1.54, 1.807) is 0 Å². The SMILES string of the molecule is CN(CC1CCCOC1)CC(C)(C)N. The van der Waals surface area contributed by atoms with E-state index in [2.05, 4.69) is 25.8 Å². The van der Waals surface area contributed by atoms with Gasteiger partial charge in [-0.1, -0.05) is 0 Å². The molecule has 0 radical (unpaired) electrons. The van der Waals surface area contributed by atoms with Crippen LogP contribution < -0.4 is 5.73 Å². The van der Waals surface area contributed by atoms with Gasteiger partial charge in [0, 0.05) is 25.2 Å². The maximum atomic E-state index is 5.97. The molecule has 1 rings (SSSR count). The molecule has 0 spiro atoms. The minimum atomic E-state index is -0.0930. The monoisotopic (exact) mass is 200 g/mol. The zero-order chi connectivity index (χ0) is 10.6. The molecule has 3 heteroatoms. The second-order valence-electron chi connectivity index (χ2n) is 5.27. The number of hydrogen-bond donors (Lipinski definition) is 1. The summed E-state index contributed by atoms with van der Waals surface area (Å²) in [6.07, 6.45) is 2.51. The number of nitrogens with zero attached hydrogens (tertiary/aromatic N) is 1. The molecule has 0 aromatic rings. The minimum Gasteiger partial charge on any atom is -0.381 e. The van der Waals surface area contributed by atoms with Crippen LogP contribution in [-0.2, 0) is 4.74 Å². The first kappa shape index (κ1) is 12.0. The van der Waals surface area contributed by atoms with Gasteiger partial charge in [0.25, 0.3) is 0 Å². The van der Waals surface area contributed by atoms with Crippen molar-refractivity contribution in [2.24, 2.45) is 11.7 Å². The zero-order valence-electron chi connectivity index (χ0n) is 9.75. The predicted molar refractivity (Wildman–Crippen MR) is 59.3 cm³/mol. The third kappa shape index (κ3) is 4.94. The Balaban J connectivity index is 2.21. The predicted octanol–water partition coefficient (Wildman–Crippen LogP) is 1.08. The molecule has 2 N–H and O–H groups in total. The van der Waals surface area contributed by atoms with Crippen LogP contribution in [0.25, 0.3) is 0 Å². The average molecular weight is 200 g/mol. The summed E-state index contributed by atoms with van der Waals surface area (Å²) in [5.74, 6) is 0.705. The van der Waals surface area contributed by atoms with Crippen molar-refractivity contribution in [2.45, 2.75) is 32.2 Å². The van der Waals surface area contributed by atoms with E-state index in [9.17, 15) is 0 Å². The molecular weight excluding hydrogens is 176 g/mol. The highest BCUT2D eigenvalue weighted by molar-refractivity contribution is 4.77. The molecule has 14 heavy (non-hydrogen) atoms. The molecule has 1 heterocycles. The number of ether oxygens (including phenoxy) is 1. The fourth-order valence-corrected chi connectivity index (χ4v) is 2.15. The van der Waals surface area contributed by atoms with Crippen molar-refractivity contribution in [1.29, 1.82) is 0 Å². The Bertz CT molecular complexity index is 159. The quantitative estimate of drug-likeness (QED) is 0.738. The summed E-state index contributed by atoms with van der Waals surface area (Å²) in [7, 11) is 2.14. The van der Waals surface area contributed by atoms with Crippen molar-refractivity contribution < 1.29 is 4.74 Å². The van der Waals surface area contributed by atoms with Gasteiger partial charge in [0.1, 0.15) is 0 Å². The molecule has 0 aliphatic carbocycles. The van der Waals surface area contributed by atoms with E-state index in [0.29, 0.717) is 5.92 Å². The molecule has 1 unspecified atom stereocenters. The summed E-state index contributed by atoms with van der Waals surface area (Å²) >= 11 is 0. The second-order valence-corrected chi connectivity index (χ2v) is 5.27. The Morgan fingerprint density at radius 3 is 2.71 bits per heavy atom. The van der Waals surface area contributed by atoms with Gasteiger partial charge in [-0.2, -0.15) is 0 Å². The van der Waals surface area contributed by atoms with Crippen molar-refractivity contribution in [3.63, 3.8) is 0 Å². The van der Waals surface area contributed by atoms with Gasteiger partial charge in [0.15, 0.2) is 0 Å². The van der Waals surface area contributed by atoms with Crippen LogP contribution in [0, 0.1) is 5.92 Å². The standard InChI is InChI=1S/C11H24N2O/c1-11(2,12)9-13(3)7-10-5-4-6-14-8-10/h10H,4-9,12H2,1-3H3. The summed E-state index contributed by atoms with van der Waals surface area (Å²) in [6, 6.07) is 0. The van der Waals surface area contributed by atoms with Gasteiger partial charge in [-0.05, 0) is 39.7 Å². The molecule has 84 valence electrons. The van der Waals surface area contributed by atoms with Gasteiger partial charge in [-0.3, -0.25) is 0 Å². The molecule has 0 bridgehead atoms. The van der Waals surface area contributed by atoms with Crippen LogP contribution >= 0.6 is 0 Å². The highest BCUT2D eigenvalue weighted by Crippen LogP contribution is 2.15. The Hall–Kier alpha value is -0.120. The number of likely N-dealkylation sites (N-methyl/N-ethyl adjacent to an activating group) is 1. The lowest BCUT2D eigenvalue weighted by atomic mass is 10.0. The Labute approximate surface area is 87.6 Å². The normalized spacial score (nSPS) is 24.2. The van der Waals surface area contributed by atoms with Crippen molar-refractivity contribution >= 4 is 0 Å². The van der Waals surface area contributed by atoms with Crippen LogP contribution in [0.15, 0.2) is 0 Å². The zero-order valence-corrected chi connectivity index (χ0v) is 9.75. The smallest absolute Gasteiger partial charge is 0.0506 e. The van der Waals surface area contributed by atoms with Gasteiger partial charge >= 0.3 is 0 Å². The molecule has 0 amide bonds. The van der Waals surface area contributed by atoms with E-state index < -0.39 is 0 Å². The summed E-state index contributed by atoms with van der Waals surface area (Å²) in [6.45, 7) is 8.07. The van der Waals surface area contributed by atoms with Crippen LogP contribution in [-0.4, -0.2) is 43.8 Å². The summed E-state index contributed by atoms with van der Waals surface area (Å²) in [5.41, 5.74) is 5.88. The van der Waals surface area contributed by atoms with Gasteiger partial charge < -0.3 is 15.4 Å². The number of nitrogens with two attached hydrogens (primary N) is 1. The largest absolute Gasteiger partial charge is 0.381 e. The van der Waals surface area contributed by atoms with Crippen LogP contribution in [0.2, 0.25) is 0 Å². The maximum absolute atomic E-state index is 5.97. The molecule has 1 fully saturated rings. The summed E-state index contributed by atoms with van der Waals surface area (Å²) in [5, 5.41) is 0. The fraction of sp³-hybridized carbons (Fsp3) is 1.00. The fourth-order valence-electron chi connectivity index (χ4n) is 2.15. The van der Waals surface area contributed by atoms with Crippen molar-refractivity contribution in [3.8, 4) is 0 Å². The summed E-state index contributed by atoms with van der Waals surface area (Å²) < 4.78 is 5.46. The van der Waals surface area contributed by atoms with Gasteiger partial charge in [0.2, 0.25) is 0 Å². The second kappa shape index (κ2) is 5.10. The topological polar surface area (TPSA) is 38.5 Å². The highest BCUT2D eigenvalue weighted by Gasteiger charge is 2.19. The molecule has 1 aliphatic heterocycles. The van der Waals surface area contributed by atoms with E-state index in [1.165, 1.54) is 12.8 Å². The third-order valence-corrected chi connectivity index (χ3v) is 2.50. The molecule has 0 aromatic heterocycles. The van der Waals surface area contributed by atoms with E-state index in [-0.39, 0.29) is 5.54 Å². The average Bonchev–Trinajstić information content (AvgIpc) is 2.02. The van der Waals surface area contributed by atoms with E-state index in [1.807, 2.05) is 0 Å². The first-order valence-corrected chi connectivity index (χ1v) is 5.52. The van der Waals surface area contributed by atoms with Crippen LogP contribution in [0.5, 0.6) is 0 Å². The Kier molecular flexibility index (Phi) is 4.35. The van der Waals surface area contributed by atoms with E-state index >= 15 is 0 Å². The third-order valence-electron chi connectivity index (χ3n) is 2.50. The summed E-state index contributed by atoms with van der Waals surface area (Å²) in [4.78, 5) is 2.32. The lowest BCUT2D eigenvalue weighted by Crippen LogP contribution is -2.45. The Morgan fingerprint density at radius 1 is 1.50 bits per heavy atom. The molecular formula is C11H24N2O. The van der Waals surface area contributed by atoms with Crippen LogP contribution in [0.3, 0.4) is 0 Å². The number of hydrogen-bond acceptors (Lipinski definition) is 3. The maximum Gasteiger partial charge on any atom is 0.0506 e. The van der Waals surface area contributed by atoms with E-state index in [0.717, 1.165) is 26.3 Å². The molecule has 0 aromatic carbocycles. The van der Waals surface area contributed by atoms with Crippen molar-refractivity contribution in [1.82, 2.24) is 4.90 Å². The number of rotatable bonds is 4. The molecule has 1 aliphatic rings. The van der Waals surface area contributed by atoms with Crippen molar-refractivity contribution in [3.05, 3.63) is 0 Å². The molecule has 1 atom stereocenters. The van der Waals surface area contributed by atoms with Crippen molar-refractivity contribution in [2.75, 3.05) is 33.4 Å². The molecule has 3 nitrogen and oxygen atoms in total. The van der Waals surface area contributed by atoms with Crippen LogP contribution in [0.4, 0.5) is 0 Å². The van der Waals surface area contributed by atoms with E-state index in [4.69, 9.17) is 10.5 Å². The lowest BCUT2D eigenvalue weighted by molar-refractivity contribution is 0.0400. The van der Waals surface area contributed by atoms with Gasteiger partial charge in [0.05, 0.1) is 6.61 Å². The molecule has 0 saturated carbocycles. The van der Waals surface area contributed by atoms with Gasteiger partial charge in [-0.25, -0.2) is 0 Å². The lowest BCUT2D eigenvalue weighted by Gasteiger charge is -2.31. The minimum absolute atomic E-state index is 0.0930. The van der Waals surface area contributed by atoms with Crippen LogP contribution in [0.1, 0.15) is 26.7 Å².